The van der Waals surface area contributed by atoms with Crippen LogP contribution in [0.25, 0.3) is 0 Å². The fourth-order valence-corrected chi connectivity index (χ4v) is 5.04. The van der Waals surface area contributed by atoms with E-state index in [9.17, 15) is 8.42 Å². The third-order valence-corrected chi connectivity index (χ3v) is 5.89. The van der Waals surface area contributed by atoms with Crippen LogP contribution in [0.5, 0.6) is 0 Å². The maximum absolute atomic E-state index is 12.0. The van der Waals surface area contributed by atoms with Crippen LogP contribution in [0.4, 0.5) is 0 Å². The summed E-state index contributed by atoms with van der Waals surface area (Å²) in [5.74, 6) is 0.0968. The van der Waals surface area contributed by atoms with Gasteiger partial charge < -0.3 is 9.84 Å². The van der Waals surface area contributed by atoms with E-state index in [0.29, 0.717) is 21.8 Å². The zero-order valence-electron chi connectivity index (χ0n) is 10.1. The van der Waals surface area contributed by atoms with E-state index < -0.39 is 10.0 Å². The number of halogens is 1. The molecule has 0 saturated heterocycles. The standard InChI is InChI=1S/C10H16BrNO4S2/c1-7(6-16-2)4-12-18(14,15)9-3-8(5-13)17-10(9)11/h3,7,12-13H,4-6H2,1-2H3. The number of nitrogens with one attached hydrogen (secondary N) is 1. The number of aliphatic hydroxyl groups is 1. The van der Waals surface area contributed by atoms with Gasteiger partial charge in [0.05, 0.1) is 10.4 Å². The lowest BCUT2D eigenvalue weighted by Crippen LogP contribution is -2.29. The summed E-state index contributed by atoms with van der Waals surface area (Å²) in [6, 6.07) is 1.47. The van der Waals surface area contributed by atoms with Crippen molar-refractivity contribution in [1.29, 1.82) is 0 Å². The summed E-state index contributed by atoms with van der Waals surface area (Å²) >= 11 is 4.40. The van der Waals surface area contributed by atoms with Gasteiger partial charge in [0.1, 0.15) is 4.90 Å². The second-order valence-electron chi connectivity index (χ2n) is 3.92. The SMILES string of the molecule is COCC(C)CNS(=O)(=O)c1cc(CO)sc1Br. The highest BCUT2D eigenvalue weighted by molar-refractivity contribution is 9.11. The minimum absolute atomic E-state index is 0.0968. The van der Waals surface area contributed by atoms with Crippen LogP contribution in [-0.4, -0.2) is 33.8 Å². The van der Waals surface area contributed by atoms with Crippen molar-refractivity contribution in [2.24, 2.45) is 5.92 Å². The fourth-order valence-electron chi connectivity index (χ4n) is 1.33. The molecule has 1 atom stereocenters. The second-order valence-corrected chi connectivity index (χ2v) is 8.11. The van der Waals surface area contributed by atoms with Crippen molar-refractivity contribution in [1.82, 2.24) is 4.72 Å². The molecule has 1 rings (SSSR count). The van der Waals surface area contributed by atoms with Gasteiger partial charge >= 0.3 is 0 Å². The van der Waals surface area contributed by atoms with E-state index in [4.69, 9.17) is 9.84 Å². The highest BCUT2D eigenvalue weighted by Crippen LogP contribution is 2.31. The molecule has 0 bridgehead atoms. The van der Waals surface area contributed by atoms with Crippen LogP contribution in [0.3, 0.4) is 0 Å². The first-order valence-corrected chi connectivity index (χ1v) is 8.37. The highest BCUT2D eigenvalue weighted by atomic mass is 79.9. The molecule has 8 heteroatoms. The van der Waals surface area contributed by atoms with E-state index >= 15 is 0 Å². The lowest BCUT2D eigenvalue weighted by Gasteiger charge is -2.11. The Morgan fingerprint density at radius 2 is 2.28 bits per heavy atom. The van der Waals surface area contributed by atoms with Crippen LogP contribution < -0.4 is 4.72 Å². The van der Waals surface area contributed by atoms with Crippen molar-refractivity contribution >= 4 is 37.3 Å². The minimum atomic E-state index is -3.55. The van der Waals surface area contributed by atoms with Crippen LogP contribution in [0.2, 0.25) is 0 Å². The van der Waals surface area contributed by atoms with E-state index in [1.807, 2.05) is 6.92 Å². The van der Waals surface area contributed by atoms with E-state index in [1.165, 1.54) is 17.4 Å². The molecule has 0 fully saturated rings. The molecule has 1 unspecified atom stereocenters. The lowest BCUT2D eigenvalue weighted by molar-refractivity contribution is 0.161. The molecule has 1 aromatic rings. The number of ether oxygens (including phenoxy) is 1. The Morgan fingerprint density at radius 1 is 1.61 bits per heavy atom. The van der Waals surface area contributed by atoms with E-state index in [-0.39, 0.29) is 17.4 Å². The normalized spacial score (nSPS) is 13.8. The van der Waals surface area contributed by atoms with Gasteiger partial charge in [-0.3, -0.25) is 0 Å². The summed E-state index contributed by atoms with van der Waals surface area (Å²) in [7, 11) is -1.97. The smallest absolute Gasteiger partial charge is 0.242 e. The largest absolute Gasteiger partial charge is 0.391 e. The van der Waals surface area contributed by atoms with Crippen molar-refractivity contribution in [3.63, 3.8) is 0 Å². The van der Waals surface area contributed by atoms with Gasteiger partial charge in [-0.15, -0.1) is 11.3 Å². The number of hydrogen-bond donors (Lipinski definition) is 2. The summed E-state index contributed by atoms with van der Waals surface area (Å²) in [6.07, 6.45) is 0. The Labute approximate surface area is 119 Å². The molecule has 0 aliphatic heterocycles. The molecular formula is C10H16BrNO4S2. The molecule has 0 spiro atoms. The number of thiophene rings is 1. The number of aliphatic hydroxyl groups excluding tert-OH is 1. The van der Waals surface area contributed by atoms with Crippen molar-refractivity contribution in [2.45, 2.75) is 18.4 Å². The summed E-state index contributed by atoms with van der Waals surface area (Å²) in [5.41, 5.74) is 0. The van der Waals surface area contributed by atoms with Gasteiger partial charge in [-0.2, -0.15) is 0 Å². The molecular weight excluding hydrogens is 342 g/mol. The van der Waals surface area contributed by atoms with Gasteiger partial charge in [0.2, 0.25) is 10.0 Å². The first-order chi connectivity index (χ1) is 8.40. The maximum Gasteiger partial charge on any atom is 0.242 e. The summed E-state index contributed by atoms with van der Waals surface area (Å²) in [4.78, 5) is 0.772. The molecule has 0 aromatic carbocycles. The number of sulfonamides is 1. The van der Waals surface area contributed by atoms with Crippen LogP contribution in [0.1, 0.15) is 11.8 Å². The maximum atomic E-state index is 12.0. The average molecular weight is 358 g/mol. The zero-order valence-corrected chi connectivity index (χ0v) is 13.4. The molecule has 0 aliphatic rings. The predicted molar refractivity (Wildman–Crippen MR) is 74.2 cm³/mol. The molecule has 5 nitrogen and oxygen atoms in total. The van der Waals surface area contributed by atoms with Crippen molar-refractivity contribution in [3.8, 4) is 0 Å². The molecule has 104 valence electrons. The van der Waals surface area contributed by atoms with Gasteiger partial charge in [0, 0.05) is 25.1 Å². The molecule has 0 saturated carbocycles. The lowest BCUT2D eigenvalue weighted by atomic mass is 10.2. The Hall–Kier alpha value is 0.01000. The molecule has 0 radical (unpaired) electrons. The Kier molecular flexibility index (Phi) is 6.22. The average Bonchev–Trinajstić information content (AvgIpc) is 2.69. The van der Waals surface area contributed by atoms with Gasteiger partial charge in [-0.25, -0.2) is 13.1 Å². The Balaban J connectivity index is 2.76. The first-order valence-electron chi connectivity index (χ1n) is 5.28. The van der Waals surface area contributed by atoms with Crippen LogP contribution in [0, 0.1) is 5.92 Å². The van der Waals surface area contributed by atoms with Crippen molar-refractivity contribution in [2.75, 3.05) is 20.3 Å². The third kappa shape index (κ3) is 4.29. The molecule has 0 amide bonds. The highest BCUT2D eigenvalue weighted by Gasteiger charge is 2.21. The summed E-state index contributed by atoms with van der Waals surface area (Å²) < 4.78 is 32.0. The van der Waals surface area contributed by atoms with Crippen molar-refractivity contribution in [3.05, 3.63) is 14.7 Å². The van der Waals surface area contributed by atoms with E-state index in [2.05, 4.69) is 20.7 Å². The number of methoxy groups -OCH3 is 1. The van der Waals surface area contributed by atoms with Gasteiger partial charge in [0.15, 0.2) is 0 Å². The third-order valence-electron chi connectivity index (χ3n) is 2.22. The van der Waals surface area contributed by atoms with E-state index in [0.717, 1.165) is 0 Å². The molecule has 2 N–H and O–H groups in total. The van der Waals surface area contributed by atoms with Gasteiger partial charge in [0.25, 0.3) is 0 Å². The topological polar surface area (TPSA) is 75.6 Å². The van der Waals surface area contributed by atoms with Gasteiger partial charge in [-0.1, -0.05) is 6.92 Å². The van der Waals surface area contributed by atoms with E-state index in [1.54, 1.807) is 7.11 Å². The molecule has 18 heavy (non-hydrogen) atoms. The molecule has 1 heterocycles. The first kappa shape index (κ1) is 16.1. The van der Waals surface area contributed by atoms with Crippen LogP contribution in [-0.2, 0) is 21.4 Å². The Morgan fingerprint density at radius 3 is 2.78 bits per heavy atom. The Bertz CT molecular complexity index is 486. The quantitative estimate of drug-likeness (QED) is 0.776. The second kappa shape index (κ2) is 6.97. The summed E-state index contributed by atoms with van der Waals surface area (Å²) in [6.45, 7) is 2.54. The number of hydrogen-bond acceptors (Lipinski definition) is 5. The number of rotatable bonds is 7. The monoisotopic (exact) mass is 357 g/mol. The molecule has 1 aromatic heterocycles. The fraction of sp³-hybridized carbons (Fsp3) is 0.600. The summed E-state index contributed by atoms with van der Waals surface area (Å²) in [5, 5.41) is 8.99. The molecule has 0 aliphatic carbocycles. The van der Waals surface area contributed by atoms with Crippen LogP contribution in [0.15, 0.2) is 14.7 Å². The minimum Gasteiger partial charge on any atom is -0.391 e. The zero-order chi connectivity index (χ0) is 13.8. The van der Waals surface area contributed by atoms with Crippen LogP contribution >= 0.6 is 27.3 Å². The predicted octanol–water partition coefficient (Wildman–Crippen LogP) is 1.56. The van der Waals surface area contributed by atoms with Gasteiger partial charge in [-0.05, 0) is 27.9 Å². The van der Waals surface area contributed by atoms with Crippen molar-refractivity contribution < 1.29 is 18.3 Å².